The molecule has 0 aliphatic carbocycles. The number of benzene rings is 1. The molecule has 1 unspecified atom stereocenters. The van der Waals surface area contributed by atoms with Crippen molar-refractivity contribution in [1.82, 2.24) is 9.78 Å². The molecule has 0 spiro atoms. The third-order valence-corrected chi connectivity index (χ3v) is 8.41. The molecule has 29 heavy (non-hydrogen) atoms. The van der Waals surface area contributed by atoms with E-state index < -0.39 is 25.2 Å². The fourth-order valence-corrected chi connectivity index (χ4v) is 7.22. The molecule has 0 fully saturated rings. The quantitative estimate of drug-likeness (QED) is 0.677. The van der Waals surface area contributed by atoms with Crippen LogP contribution in [0.5, 0.6) is 5.88 Å². The molecule has 0 saturated heterocycles. The predicted octanol–water partition coefficient (Wildman–Crippen LogP) is 3.37. The van der Waals surface area contributed by atoms with E-state index in [2.05, 4.69) is 18.9 Å². The normalized spacial score (nSPS) is 20.3. The van der Waals surface area contributed by atoms with Crippen LogP contribution in [0.15, 0.2) is 17.2 Å². The molecule has 0 saturated carbocycles. The Balaban J connectivity index is 2.37. The zero-order valence-electron chi connectivity index (χ0n) is 17.9. The molecule has 1 atom stereocenters. The van der Waals surface area contributed by atoms with Crippen molar-refractivity contribution in [3.05, 3.63) is 29.0 Å². The molecule has 3 rings (SSSR count). The molecule has 160 valence electrons. The average Bonchev–Trinajstić information content (AvgIpc) is 2.94. The van der Waals surface area contributed by atoms with Crippen molar-refractivity contribution in [2.45, 2.75) is 70.1 Å². The molecular weight excluding hydrogens is 412 g/mol. The fourth-order valence-electron chi connectivity index (χ4n) is 4.50. The maximum Gasteiger partial charge on any atom is 0.307 e. The first kappa shape index (κ1) is 21.8. The molecule has 0 bridgehead atoms. The van der Waals surface area contributed by atoms with Crippen LogP contribution in [-0.2, 0) is 31.9 Å². The molecular formula is C20H28N2O5S2. The first-order valence-electron chi connectivity index (χ1n) is 9.55. The zero-order valence-corrected chi connectivity index (χ0v) is 19.5. The summed E-state index contributed by atoms with van der Waals surface area (Å²) >= 11 is 0. The van der Waals surface area contributed by atoms with Gasteiger partial charge in [-0.1, -0.05) is 13.8 Å². The van der Waals surface area contributed by atoms with E-state index in [1.807, 2.05) is 13.8 Å². The molecule has 1 aliphatic heterocycles. The van der Waals surface area contributed by atoms with Crippen LogP contribution in [0, 0.1) is 13.8 Å². The Labute approximate surface area is 173 Å². The summed E-state index contributed by atoms with van der Waals surface area (Å²) in [5.74, 6) is 0.141. The summed E-state index contributed by atoms with van der Waals surface area (Å²) in [6.45, 7) is 11.8. The molecule has 1 aliphatic rings. The smallest absolute Gasteiger partial charge is 0.307 e. The minimum atomic E-state index is -3.76. The Hall–Kier alpha value is -1.87. The SMILES string of the molecule is CCn1ncc(-c2cc(C)c3c(c2C)C(C)(C)CC(C)S3(=O)=O)c1OS(C)(=O)=O. The lowest BCUT2D eigenvalue weighted by atomic mass is 9.75. The third kappa shape index (κ3) is 3.59. The lowest BCUT2D eigenvalue weighted by Gasteiger charge is -2.38. The Morgan fingerprint density at radius 1 is 1.28 bits per heavy atom. The average molecular weight is 441 g/mol. The minimum Gasteiger partial charge on any atom is -0.361 e. The summed E-state index contributed by atoms with van der Waals surface area (Å²) in [5.41, 5.74) is 3.17. The Bertz CT molecular complexity index is 1190. The third-order valence-electron chi connectivity index (χ3n) is 5.62. The van der Waals surface area contributed by atoms with Gasteiger partial charge in [-0.25, -0.2) is 13.1 Å². The number of rotatable bonds is 4. The van der Waals surface area contributed by atoms with E-state index in [1.54, 1.807) is 26.1 Å². The van der Waals surface area contributed by atoms with E-state index in [0.29, 0.717) is 29.0 Å². The Kier molecular flexibility index (Phi) is 5.15. The van der Waals surface area contributed by atoms with E-state index in [9.17, 15) is 16.8 Å². The van der Waals surface area contributed by atoms with Crippen LogP contribution in [0.3, 0.4) is 0 Å². The predicted molar refractivity (Wildman–Crippen MR) is 113 cm³/mol. The highest BCUT2D eigenvalue weighted by Crippen LogP contribution is 2.48. The lowest BCUT2D eigenvalue weighted by Crippen LogP contribution is -2.37. The summed E-state index contributed by atoms with van der Waals surface area (Å²) in [5, 5.41) is 3.81. The van der Waals surface area contributed by atoms with Gasteiger partial charge in [0.2, 0.25) is 5.88 Å². The molecule has 9 heteroatoms. The van der Waals surface area contributed by atoms with E-state index >= 15 is 0 Å². The topological polar surface area (TPSA) is 95.3 Å². The highest BCUT2D eigenvalue weighted by atomic mass is 32.2. The van der Waals surface area contributed by atoms with Gasteiger partial charge in [-0.05, 0) is 67.9 Å². The summed E-state index contributed by atoms with van der Waals surface area (Å²) in [4.78, 5) is 0.399. The van der Waals surface area contributed by atoms with Gasteiger partial charge < -0.3 is 4.18 Å². The molecule has 2 heterocycles. The van der Waals surface area contributed by atoms with E-state index in [-0.39, 0.29) is 11.3 Å². The number of aryl methyl sites for hydroxylation is 2. The number of nitrogens with zero attached hydrogens (tertiary/aromatic N) is 2. The van der Waals surface area contributed by atoms with Crippen LogP contribution >= 0.6 is 0 Å². The van der Waals surface area contributed by atoms with Gasteiger partial charge in [0.05, 0.1) is 28.2 Å². The van der Waals surface area contributed by atoms with E-state index in [0.717, 1.165) is 22.9 Å². The molecule has 1 aromatic heterocycles. The zero-order chi connectivity index (χ0) is 21.9. The molecule has 2 aromatic rings. The fraction of sp³-hybridized carbons (Fsp3) is 0.550. The summed E-state index contributed by atoms with van der Waals surface area (Å²) in [6.07, 6.45) is 3.09. The lowest BCUT2D eigenvalue weighted by molar-refractivity contribution is 0.435. The number of hydrogen-bond donors (Lipinski definition) is 0. The van der Waals surface area contributed by atoms with Crippen molar-refractivity contribution in [2.75, 3.05) is 6.26 Å². The standard InChI is InChI=1S/C20H28N2O5S2/c1-8-22-19(27-28(7,23)24)16(11-21-22)15-9-12(2)18-17(14(15)4)20(5,6)10-13(3)29(18,25)26/h9,11,13H,8,10H2,1-7H3. The first-order valence-corrected chi connectivity index (χ1v) is 12.9. The highest BCUT2D eigenvalue weighted by Gasteiger charge is 2.43. The Morgan fingerprint density at radius 3 is 2.45 bits per heavy atom. The monoisotopic (exact) mass is 440 g/mol. The molecule has 1 aromatic carbocycles. The van der Waals surface area contributed by atoms with Gasteiger partial charge >= 0.3 is 10.1 Å². The van der Waals surface area contributed by atoms with Crippen LogP contribution in [0.1, 0.15) is 50.8 Å². The highest BCUT2D eigenvalue weighted by molar-refractivity contribution is 7.92. The molecule has 0 amide bonds. The van der Waals surface area contributed by atoms with Crippen LogP contribution in [0.2, 0.25) is 0 Å². The van der Waals surface area contributed by atoms with Gasteiger partial charge in [0, 0.05) is 6.54 Å². The van der Waals surface area contributed by atoms with Crippen LogP contribution < -0.4 is 4.18 Å². The maximum atomic E-state index is 13.1. The van der Waals surface area contributed by atoms with Gasteiger partial charge in [-0.2, -0.15) is 13.5 Å². The Morgan fingerprint density at radius 2 is 1.90 bits per heavy atom. The van der Waals surface area contributed by atoms with Crippen molar-refractivity contribution < 1.29 is 21.0 Å². The number of sulfone groups is 1. The van der Waals surface area contributed by atoms with E-state index in [4.69, 9.17) is 4.18 Å². The minimum absolute atomic E-state index is 0.141. The summed E-state index contributed by atoms with van der Waals surface area (Å²) < 4.78 is 56.6. The second-order valence-corrected chi connectivity index (χ2v) is 12.4. The van der Waals surface area contributed by atoms with E-state index in [1.165, 1.54) is 4.68 Å². The first-order chi connectivity index (χ1) is 13.2. The second kappa shape index (κ2) is 6.84. The largest absolute Gasteiger partial charge is 0.361 e. The van der Waals surface area contributed by atoms with Crippen LogP contribution in [0.4, 0.5) is 0 Å². The van der Waals surface area contributed by atoms with Gasteiger partial charge in [0.25, 0.3) is 0 Å². The van der Waals surface area contributed by atoms with Crippen molar-refractivity contribution in [1.29, 1.82) is 0 Å². The molecule has 7 nitrogen and oxygen atoms in total. The van der Waals surface area contributed by atoms with Gasteiger partial charge in [0.1, 0.15) is 0 Å². The second-order valence-electron chi connectivity index (χ2n) is 8.48. The maximum absolute atomic E-state index is 13.1. The number of hydrogen-bond acceptors (Lipinski definition) is 6. The number of fused-ring (bicyclic) bond motifs is 1. The van der Waals surface area contributed by atoms with Crippen molar-refractivity contribution in [2.24, 2.45) is 0 Å². The van der Waals surface area contributed by atoms with Crippen molar-refractivity contribution >= 4 is 20.0 Å². The number of aromatic nitrogens is 2. The van der Waals surface area contributed by atoms with Crippen molar-refractivity contribution in [3.8, 4) is 17.0 Å². The summed E-state index contributed by atoms with van der Waals surface area (Å²) in [6, 6.07) is 1.80. The summed E-state index contributed by atoms with van der Waals surface area (Å²) in [7, 11) is -7.19. The van der Waals surface area contributed by atoms with Crippen LogP contribution in [0.25, 0.3) is 11.1 Å². The van der Waals surface area contributed by atoms with Gasteiger partial charge in [0.15, 0.2) is 9.84 Å². The van der Waals surface area contributed by atoms with Crippen molar-refractivity contribution in [3.63, 3.8) is 0 Å². The van der Waals surface area contributed by atoms with Crippen LogP contribution in [-0.4, -0.2) is 38.1 Å². The van der Waals surface area contributed by atoms with Gasteiger partial charge in [-0.3, -0.25) is 0 Å². The van der Waals surface area contributed by atoms with Gasteiger partial charge in [-0.15, -0.1) is 0 Å². The molecule has 0 radical (unpaired) electrons. The molecule has 0 N–H and O–H groups in total.